The fraction of sp³-hybridized carbons (Fsp3) is 0.450. The van der Waals surface area contributed by atoms with Crippen molar-refractivity contribution in [2.45, 2.75) is 33.2 Å². The minimum atomic E-state index is -0.795. The number of esters is 2. The molecule has 0 aliphatic carbocycles. The molecule has 2 rings (SSSR count). The molecule has 28 heavy (non-hydrogen) atoms. The Balaban J connectivity index is 2.03. The normalized spacial score (nSPS) is 11.9. The number of ether oxygens (including phenoxy) is 3. The molecule has 0 spiro atoms. The molecule has 1 N–H and O–H groups in total. The molecule has 0 fully saturated rings. The number of benzene rings is 1. The minimum Gasteiger partial charge on any atom is -0.497 e. The third-order valence-electron chi connectivity index (χ3n) is 4.19. The second-order valence-electron chi connectivity index (χ2n) is 6.77. The Morgan fingerprint density at radius 3 is 2.50 bits per heavy atom. The lowest BCUT2D eigenvalue weighted by Gasteiger charge is -2.18. The van der Waals surface area contributed by atoms with Gasteiger partial charge >= 0.3 is 11.9 Å². The highest BCUT2D eigenvalue weighted by Gasteiger charge is 2.24. The summed E-state index contributed by atoms with van der Waals surface area (Å²) in [4.78, 5) is 36.2. The van der Waals surface area contributed by atoms with Crippen LogP contribution in [0.3, 0.4) is 0 Å². The van der Waals surface area contributed by atoms with Crippen molar-refractivity contribution in [1.82, 2.24) is 5.32 Å². The summed E-state index contributed by atoms with van der Waals surface area (Å²) in [5.74, 6) is -1.09. The second-order valence-corrected chi connectivity index (χ2v) is 6.77. The summed E-state index contributed by atoms with van der Waals surface area (Å²) < 4.78 is 20.5. The molecule has 8 nitrogen and oxygen atoms in total. The monoisotopic (exact) mass is 391 g/mol. The smallest absolute Gasteiger partial charge is 0.375 e. The van der Waals surface area contributed by atoms with Crippen molar-refractivity contribution in [3.8, 4) is 5.75 Å². The molecule has 1 atom stereocenters. The molecule has 152 valence electrons. The van der Waals surface area contributed by atoms with Gasteiger partial charge in [-0.2, -0.15) is 0 Å². The van der Waals surface area contributed by atoms with Gasteiger partial charge in [0.1, 0.15) is 17.4 Å². The number of fused-ring (bicyclic) bond motifs is 1. The minimum absolute atomic E-state index is 0.0164. The van der Waals surface area contributed by atoms with Crippen molar-refractivity contribution < 1.29 is 33.0 Å². The van der Waals surface area contributed by atoms with Gasteiger partial charge < -0.3 is 23.9 Å². The first kappa shape index (κ1) is 21.3. The van der Waals surface area contributed by atoms with Crippen molar-refractivity contribution in [2.75, 3.05) is 20.8 Å². The van der Waals surface area contributed by atoms with E-state index in [1.165, 1.54) is 7.11 Å². The topological polar surface area (TPSA) is 104 Å². The Hall–Kier alpha value is -3.03. The van der Waals surface area contributed by atoms with Crippen LogP contribution in [0.4, 0.5) is 0 Å². The van der Waals surface area contributed by atoms with Gasteiger partial charge in [0.2, 0.25) is 5.76 Å². The largest absolute Gasteiger partial charge is 0.497 e. The molecule has 0 aliphatic heterocycles. The number of methoxy groups -OCH3 is 2. The molecule has 1 aromatic heterocycles. The Morgan fingerprint density at radius 1 is 1.18 bits per heavy atom. The number of furan rings is 1. The van der Waals surface area contributed by atoms with E-state index in [0.717, 1.165) is 5.39 Å². The molecule has 1 aromatic carbocycles. The van der Waals surface area contributed by atoms with Crippen LogP contribution in [-0.2, 0) is 19.1 Å². The number of amides is 1. The van der Waals surface area contributed by atoms with Crippen LogP contribution in [0.1, 0.15) is 36.4 Å². The SMILES string of the molecule is COC(=O)C(CC(C)C)NC(=O)COC(=O)c1oc2ccc(OC)cc2c1C. The predicted molar refractivity (Wildman–Crippen MR) is 101 cm³/mol. The van der Waals surface area contributed by atoms with Crippen molar-refractivity contribution in [3.63, 3.8) is 0 Å². The molecule has 1 heterocycles. The highest BCUT2D eigenvalue weighted by molar-refractivity contribution is 5.97. The zero-order valence-corrected chi connectivity index (χ0v) is 16.7. The van der Waals surface area contributed by atoms with E-state index >= 15 is 0 Å². The van der Waals surface area contributed by atoms with E-state index in [4.69, 9.17) is 18.6 Å². The van der Waals surface area contributed by atoms with Crippen LogP contribution in [0, 0.1) is 12.8 Å². The van der Waals surface area contributed by atoms with E-state index in [9.17, 15) is 14.4 Å². The molecule has 8 heteroatoms. The maximum Gasteiger partial charge on any atom is 0.375 e. The first-order valence-corrected chi connectivity index (χ1v) is 8.88. The lowest BCUT2D eigenvalue weighted by Crippen LogP contribution is -2.44. The van der Waals surface area contributed by atoms with Gasteiger partial charge in [0.05, 0.1) is 14.2 Å². The van der Waals surface area contributed by atoms with Gasteiger partial charge in [0.15, 0.2) is 6.61 Å². The number of nitrogens with one attached hydrogen (secondary N) is 1. The number of hydrogen-bond donors (Lipinski definition) is 1. The van der Waals surface area contributed by atoms with E-state index in [1.54, 1.807) is 32.2 Å². The van der Waals surface area contributed by atoms with Gasteiger partial charge in [-0.25, -0.2) is 9.59 Å². The molecule has 1 amide bonds. The van der Waals surface area contributed by atoms with Gasteiger partial charge in [-0.05, 0) is 37.5 Å². The number of rotatable bonds is 8. The Kier molecular flexibility index (Phi) is 7.03. The van der Waals surface area contributed by atoms with Crippen LogP contribution in [0.15, 0.2) is 22.6 Å². The molecule has 0 bridgehead atoms. The van der Waals surface area contributed by atoms with Crippen LogP contribution in [0.2, 0.25) is 0 Å². The standard InChI is InChI=1S/C20H25NO7/c1-11(2)8-15(19(23)26-5)21-17(22)10-27-20(24)18-12(3)14-9-13(25-4)6-7-16(14)28-18/h6-7,9,11,15H,8,10H2,1-5H3,(H,21,22). The summed E-state index contributed by atoms with van der Waals surface area (Å²) in [6.07, 6.45) is 0.414. The van der Waals surface area contributed by atoms with Crippen LogP contribution in [-0.4, -0.2) is 44.7 Å². The van der Waals surface area contributed by atoms with Crippen molar-refractivity contribution in [1.29, 1.82) is 0 Å². The summed E-state index contributed by atoms with van der Waals surface area (Å²) in [6.45, 7) is 5.02. The maximum atomic E-state index is 12.3. The lowest BCUT2D eigenvalue weighted by molar-refractivity contribution is -0.145. The highest BCUT2D eigenvalue weighted by atomic mass is 16.5. The average molecular weight is 391 g/mol. The zero-order valence-electron chi connectivity index (χ0n) is 16.7. The van der Waals surface area contributed by atoms with Gasteiger partial charge in [0.25, 0.3) is 5.91 Å². The highest BCUT2D eigenvalue weighted by Crippen LogP contribution is 2.29. The quantitative estimate of drug-likeness (QED) is 0.690. The van der Waals surface area contributed by atoms with Crippen LogP contribution in [0.25, 0.3) is 11.0 Å². The zero-order chi connectivity index (χ0) is 20.8. The predicted octanol–water partition coefficient (Wildman–Crippen LogP) is 2.61. The summed E-state index contributed by atoms with van der Waals surface area (Å²) in [5, 5.41) is 3.25. The van der Waals surface area contributed by atoms with Gasteiger partial charge in [-0.15, -0.1) is 0 Å². The fourth-order valence-corrected chi connectivity index (χ4v) is 2.78. The molecular weight excluding hydrogens is 366 g/mol. The van der Waals surface area contributed by atoms with Crippen molar-refractivity contribution >= 4 is 28.8 Å². The van der Waals surface area contributed by atoms with Gasteiger partial charge in [0, 0.05) is 10.9 Å². The maximum absolute atomic E-state index is 12.3. The average Bonchev–Trinajstić information content (AvgIpc) is 3.00. The summed E-state index contributed by atoms with van der Waals surface area (Å²) in [7, 11) is 2.80. The number of aryl methyl sites for hydroxylation is 1. The Morgan fingerprint density at radius 2 is 1.89 bits per heavy atom. The number of carbonyl (C=O) groups excluding carboxylic acids is 3. The van der Waals surface area contributed by atoms with Crippen LogP contribution in [0.5, 0.6) is 5.75 Å². The Labute approximate surface area is 163 Å². The van der Waals surface area contributed by atoms with Crippen molar-refractivity contribution in [3.05, 3.63) is 29.5 Å². The van der Waals surface area contributed by atoms with E-state index in [-0.39, 0.29) is 11.7 Å². The molecule has 0 saturated carbocycles. The van der Waals surface area contributed by atoms with E-state index in [0.29, 0.717) is 23.3 Å². The summed E-state index contributed by atoms with van der Waals surface area (Å²) in [5.41, 5.74) is 1.10. The van der Waals surface area contributed by atoms with Gasteiger partial charge in [-0.1, -0.05) is 13.8 Å². The Bertz CT molecular complexity index is 869. The summed E-state index contributed by atoms with van der Waals surface area (Å²) in [6, 6.07) is 4.37. The second kappa shape index (κ2) is 9.25. The van der Waals surface area contributed by atoms with Crippen LogP contribution >= 0.6 is 0 Å². The van der Waals surface area contributed by atoms with E-state index in [1.807, 2.05) is 13.8 Å². The molecule has 0 aliphatic rings. The third-order valence-corrected chi connectivity index (χ3v) is 4.19. The van der Waals surface area contributed by atoms with Crippen LogP contribution < -0.4 is 10.1 Å². The number of carbonyl (C=O) groups is 3. The number of hydrogen-bond acceptors (Lipinski definition) is 7. The first-order chi connectivity index (χ1) is 13.3. The van der Waals surface area contributed by atoms with E-state index in [2.05, 4.69) is 5.32 Å². The lowest BCUT2D eigenvalue weighted by atomic mass is 10.0. The molecule has 1 unspecified atom stereocenters. The van der Waals surface area contributed by atoms with E-state index < -0.39 is 30.5 Å². The molecule has 2 aromatic rings. The van der Waals surface area contributed by atoms with Gasteiger partial charge in [-0.3, -0.25) is 4.79 Å². The van der Waals surface area contributed by atoms with Crippen molar-refractivity contribution in [2.24, 2.45) is 5.92 Å². The first-order valence-electron chi connectivity index (χ1n) is 8.88. The third kappa shape index (κ3) is 5.03. The fourth-order valence-electron chi connectivity index (χ4n) is 2.78. The molecule has 0 radical (unpaired) electrons. The molecular formula is C20H25NO7. The molecule has 0 saturated heterocycles. The summed E-state index contributed by atoms with van der Waals surface area (Å²) >= 11 is 0.